The van der Waals surface area contributed by atoms with E-state index in [2.05, 4.69) is 4.98 Å². The maximum absolute atomic E-state index is 9.29. The molecule has 0 N–H and O–H groups in total. The Kier molecular flexibility index (Phi) is 5.54. The van der Waals surface area contributed by atoms with Gasteiger partial charge in [-0.25, -0.2) is 4.98 Å². The lowest BCUT2D eigenvalue weighted by molar-refractivity contribution is 0.410. The minimum Gasteiger partial charge on any atom is -0.437 e. The monoisotopic (exact) mass is 573 g/mol. The van der Waals surface area contributed by atoms with E-state index in [1.54, 1.807) is 26.8 Å². The second-order valence-corrected chi connectivity index (χ2v) is 12.6. The fraction of sp³-hybridized carbons (Fsp3) is 0.300. The molecule has 0 amide bonds. The summed E-state index contributed by atoms with van der Waals surface area (Å²) in [6, 6.07) is 24.8. The molecule has 0 aliphatic rings. The van der Waals surface area contributed by atoms with Gasteiger partial charge in [-0.1, -0.05) is 103 Å². The number of pyridine rings is 2. The molecule has 3 heteroatoms. The number of benzene rings is 3. The molecule has 3 nitrogen and oxygen atoms in total. The molecule has 0 aliphatic carbocycles. The topological polar surface area (TPSA) is 38.9 Å². The number of para-hydroxylation sites is 1. The van der Waals surface area contributed by atoms with Crippen molar-refractivity contribution < 1.29 is 14.0 Å². The average Bonchev–Trinajstić information content (AvgIpc) is 3.40. The number of rotatable bonds is 6. The summed E-state index contributed by atoms with van der Waals surface area (Å²) in [6.07, 6.45) is -0.612. The minimum absolute atomic E-state index is 0.0378. The highest BCUT2D eigenvalue weighted by Gasteiger charge is 2.23. The molecule has 0 saturated carbocycles. The zero-order valence-corrected chi connectivity index (χ0v) is 25.9. The molecule has 3 aromatic heterocycles. The van der Waals surface area contributed by atoms with Crippen LogP contribution in [0.1, 0.15) is 92.1 Å². The van der Waals surface area contributed by atoms with E-state index in [4.69, 9.17) is 17.6 Å². The smallest absolute Gasteiger partial charge is 0.227 e. The Morgan fingerprint density at radius 1 is 0.837 bits per heavy atom. The van der Waals surface area contributed by atoms with Crippen molar-refractivity contribution in [3.63, 3.8) is 0 Å². The first kappa shape index (κ1) is 21.4. The minimum atomic E-state index is -2.58. The predicted octanol–water partition coefficient (Wildman–Crippen LogP) is 11.5. The maximum Gasteiger partial charge on any atom is 0.227 e. The van der Waals surface area contributed by atoms with Crippen LogP contribution in [0.2, 0.25) is 0 Å². The lowest BCUT2D eigenvalue weighted by atomic mass is 9.82. The normalized spacial score (nSPS) is 15.7. The van der Waals surface area contributed by atoms with Crippen LogP contribution in [0.3, 0.4) is 0 Å². The van der Waals surface area contributed by atoms with Gasteiger partial charge in [0.15, 0.2) is 0 Å². The number of aromatic nitrogens is 2. The van der Waals surface area contributed by atoms with Gasteiger partial charge in [0.1, 0.15) is 5.58 Å². The van der Waals surface area contributed by atoms with E-state index >= 15 is 0 Å². The van der Waals surface area contributed by atoms with Crippen LogP contribution in [0.4, 0.5) is 0 Å². The zero-order chi connectivity index (χ0) is 36.6. The number of aryl methyl sites for hydroxylation is 1. The van der Waals surface area contributed by atoms with Gasteiger partial charge in [0.25, 0.3) is 0 Å². The first-order valence-electron chi connectivity index (χ1n) is 18.2. The summed E-state index contributed by atoms with van der Waals surface area (Å²) in [5, 5.41) is 1.52. The van der Waals surface area contributed by atoms with Gasteiger partial charge in [0, 0.05) is 37.7 Å². The largest absolute Gasteiger partial charge is 0.437 e. The van der Waals surface area contributed by atoms with Gasteiger partial charge < -0.3 is 4.42 Å². The van der Waals surface area contributed by atoms with Gasteiger partial charge in [0.05, 0.1) is 11.4 Å². The van der Waals surface area contributed by atoms with Crippen LogP contribution in [-0.4, -0.2) is 9.97 Å². The van der Waals surface area contributed by atoms with Crippen LogP contribution in [0.5, 0.6) is 0 Å². The van der Waals surface area contributed by atoms with Crippen molar-refractivity contribution in [1.82, 2.24) is 9.97 Å². The van der Waals surface area contributed by atoms with E-state index in [1.165, 1.54) is 12.3 Å². The molecule has 3 aromatic carbocycles. The lowest BCUT2D eigenvalue weighted by Gasteiger charge is -2.23. The summed E-state index contributed by atoms with van der Waals surface area (Å²) < 4.78 is 67.3. The highest BCUT2D eigenvalue weighted by atomic mass is 16.3. The number of fused-ring (bicyclic) bond motifs is 3. The van der Waals surface area contributed by atoms with Gasteiger partial charge in [-0.2, -0.15) is 0 Å². The van der Waals surface area contributed by atoms with E-state index in [0.29, 0.717) is 28.2 Å². The second-order valence-electron chi connectivity index (χ2n) is 12.6. The predicted molar refractivity (Wildman–Crippen MR) is 182 cm³/mol. The van der Waals surface area contributed by atoms with Crippen molar-refractivity contribution in [3.8, 4) is 33.6 Å². The molecule has 0 bridgehead atoms. The molecule has 3 heterocycles. The SMILES string of the molecule is [2H]C([2H])([2H])c1cc(-c2cccc3c2oc2nc(-c4c(C([2H])(C)C)ccc(-c5ccccc5)c4C([2H])(C)C)ccc23)ncc1C([2H])([2H])C(C)(C)C. The van der Waals surface area contributed by atoms with Crippen molar-refractivity contribution in [3.05, 3.63) is 107 Å². The Hall–Kier alpha value is -4.24. The summed E-state index contributed by atoms with van der Waals surface area (Å²) in [7, 11) is 0. The van der Waals surface area contributed by atoms with Crippen LogP contribution in [0.15, 0.2) is 89.5 Å². The van der Waals surface area contributed by atoms with E-state index in [9.17, 15) is 1.37 Å². The molecule has 218 valence electrons. The summed E-state index contributed by atoms with van der Waals surface area (Å²) in [5.74, 6) is -2.04. The molecule has 0 saturated heterocycles. The van der Waals surface area contributed by atoms with E-state index in [-0.39, 0.29) is 11.1 Å². The summed E-state index contributed by atoms with van der Waals surface area (Å²) in [6.45, 7) is 10.00. The Labute approximate surface area is 265 Å². The number of hydrogen-bond acceptors (Lipinski definition) is 3. The Morgan fingerprint density at radius 3 is 2.33 bits per heavy atom. The van der Waals surface area contributed by atoms with E-state index in [0.717, 1.165) is 38.6 Å². The van der Waals surface area contributed by atoms with Gasteiger partial charge in [0.2, 0.25) is 5.71 Å². The number of furan rings is 1. The van der Waals surface area contributed by atoms with Gasteiger partial charge in [-0.05, 0) is 88.1 Å². The summed E-state index contributed by atoms with van der Waals surface area (Å²) in [5.41, 5.74) is 5.50. The maximum atomic E-state index is 9.29. The molecule has 0 radical (unpaired) electrons. The van der Waals surface area contributed by atoms with Crippen LogP contribution in [0.25, 0.3) is 55.7 Å². The molecular weight excluding hydrogens is 524 g/mol. The summed E-state index contributed by atoms with van der Waals surface area (Å²) >= 11 is 0. The molecule has 43 heavy (non-hydrogen) atoms. The highest BCUT2D eigenvalue weighted by Crippen LogP contribution is 2.43. The third-order valence-corrected chi connectivity index (χ3v) is 7.64. The Balaban J connectivity index is 1.59. The van der Waals surface area contributed by atoms with Crippen molar-refractivity contribution in [1.29, 1.82) is 0 Å². The molecular formula is C40H42N2O. The van der Waals surface area contributed by atoms with Crippen LogP contribution in [-0.2, 0) is 6.37 Å². The van der Waals surface area contributed by atoms with E-state index < -0.39 is 30.4 Å². The first-order chi connectivity index (χ1) is 23.1. The van der Waals surface area contributed by atoms with Crippen LogP contribution < -0.4 is 0 Å². The Bertz CT molecular complexity index is 2230. The fourth-order valence-electron chi connectivity index (χ4n) is 5.79. The molecule has 0 aliphatic heterocycles. The fourth-order valence-corrected chi connectivity index (χ4v) is 5.79. The molecule has 0 fully saturated rings. The van der Waals surface area contributed by atoms with Crippen molar-refractivity contribution >= 4 is 22.1 Å². The lowest BCUT2D eigenvalue weighted by Crippen LogP contribution is -2.10. The zero-order valence-electron chi connectivity index (χ0n) is 32.9. The standard InChI is InChI=1S/C40H42N2O/c1-24(2)29-17-18-30(27-13-10-9-11-14-27)36(25(3)4)37(29)34-20-19-32-31-15-12-16-33(38(31)43-39(32)42-34)35-21-26(5)28(23-41-35)22-40(6,7)8/h9-21,23-25H,22H2,1-8H3/i5D3,22D2,24D,25D. The van der Waals surface area contributed by atoms with Crippen LogP contribution in [0, 0.1) is 12.3 Å². The van der Waals surface area contributed by atoms with Crippen molar-refractivity contribution in [2.45, 2.75) is 73.5 Å². The molecule has 6 rings (SSSR count). The van der Waals surface area contributed by atoms with E-state index in [1.807, 2.05) is 94.4 Å². The third kappa shape index (κ3) is 5.49. The molecule has 0 unspecified atom stereocenters. The second kappa shape index (κ2) is 11.1. The summed E-state index contributed by atoms with van der Waals surface area (Å²) in [4.78, 5) is 9.63. The molecule has 6 aromatic rings. The van der Waals surface area contributed by atoms with Gasteiger partial charge in [-0.3, -0.25) is 4.98 Å². The molecule has 0 atom stereocenters. The average molecular weight is 574 g/mol. The highest BCUT2D eigenvalue weighted by molar-refractivity contribution is 6.08. The van der Waals surface area contributed by atoms with Gasteiger partial charge >= 0.3 is 0 Å². The first-order valence-corrected chi connectivity index (χ1v) is 14.7. The van der Waals surface area contributed by atoms with Crippen molar-refractivity contribution in [2.75, 3.05) is 0 Å². The van der Waals surface area contributed by atoms with Crippen molar-refractivity contribution in [2.24, 2.45) is 5.41 Å². The third-order valence-electron chi connectivity index (χ3n) is 7.64. The van der Waals surface area contributed by atoms with Gasteiger partial charge in [-0.15, -0.1) is 0 Å². The molecule has 0 spiro atoms. The number of nitrogens with zero attached hydrogens (tertiary/aromatic N) is 2. The quantitative estimate of drug-likeness (QED) is 0.199. The van der Waals surface area contributed by atoms with Crippen LogP contribution >= 0.6 is 0 Å². The number of hydrogen-bond donors (Lipinski definition) is 0. The Morgan fingerprint density at radius 2 is 1.63 bits per heavy atom.